The van der Waals surface area contributed by atoms with Gasteiger partial charge in [-0.2, -0.15) is 0 Å². The first-order valence-corrected chi connectivity index (χ1v) is 13.9. The summed E-state index contributed by atoms with van der Waals surface area (Å²) in [6, 6.07) is 7.94. The van der Waals surface area contributed by atoms with E-state index in [1.165, 1.54) is 51.5 Å². The predicted octanol–water partition coefficient (Wildman–Crippen LogP) is 2.86. The molecule has 0 radical (unpaired) electrons. The first kappa shape index (κ1) is 30.7. The molecule has 0 fully saturated rings. The van der Waals surface area contributed by atoms with Gasteiger partial charge in [0.2, 0.25) is 5.75 Å². The van der Waals surface area contributed by atoms with Crippen molar-refractivity contribution in [1.29, 1.82) is 0 Å². The van der Waals surface area contributed by atoms with Crippen LogP contribution < -0.4 is 38.6 Å². The molecule has 0 aliphatic carbocycles. The molecule has 0 bridgehead atoms. The molecule has 11 nitrogen and oxygen atoms in total. The number of esters is 1. The average Bonchev–Trinajstić information content (AvgIpc) is 3.29. The van der Waals surface area contributed by atoms with Crippen LogP contribution in [0.1, 0.15) is 31.0 Å². The Kier molecular flexibility index (Phi) is 9.92. The van der Waals surface area contributed by atoms with Gasteiger partial charge in [-0.1, -0.05) is 23.5 Å². The number of carbonyl (C=O) groups is 1. The molecule has 3 aromatic rings. The van der Waals surface area contributed by atoms with E-state index in [2.05, 4.69) is 4.99 Å². The highest BCUT2D eigenvalue weighted by molar-refractivity contribution is 7.07. The molecule has 0 N–H and O–H groups in total. The number of fused-ring (bicyclic) bond motifs is 1. The lowest BCUT2D eigenvalue weighted by molar-refractivity contribution is -0.140. The molecule has 12 heteroatoms. The number of para-hydroxylation sites is 1. The van der Waals surface area contributed by atoms with Crippen molar-refractivity contribution in [3.63, 3.8) is 0 Å². The summed E-state index contributed by atoms with van der Waals surface area (Å²) in [7, 11) is 7.62. The van der Waals surface area contributed by atoms with Crippen LogP contribution in [0.4, 0.5) is 0 Å². The van der Waals surface area contributed by atoms with Gasteiger partial charge in [0.15, 0.2) is 27.8 Å². The highest BCUT2D eigenvalue weighted by Crippen LogP contribution is 2.41. The van der Waals surface area contributed by atoms with E-state index in [1.54, 1.807) is 43.3 Å². The Labute approximate surface area is 247 Å². The molecule has 1 aliphatic heterocycles. The van der Waals surface area contributed by atoms with Crippen molar-refractivity contribution >= 4 is 23.4 Å². The Bertz CT molecular complexity index is 1650. The number of hydrogen-bond donors (Lipinski definition) is 0. The van der Waals surface area contributed by atoms with Gasteiger partial charge in [-0.05, 0) is 43.7 Å². The quantitative estimate of drug-likeness (QED) is 0.229. The van der Waals surface area contributed by atoms with Crippen LogP contribution in [0.5, 0.6) is 28.7 Å². The number of benzene rings is 2. The highest BCUT2D eigenvalue weighted by Gasteiger charge is 2.36. The number of nitrogens with zero attached hydrogens (tertiary/aromatic N) is 2. The molecular formula is C30H34N2O9S. The van der Waals surface area contributed by atoms with E-state index >= 15 is 0 Å². The van der Waals surface area contributed by atoms with Gasteiger partial charge in [0.1, 0.15) is 12.6 Å². The zero-order valence-electron chi connectivity index (χ0n) is 24.6. The Morgan fingerprint density at radius 3 is 2.26 bits per heavy atom. The van der Waals surface area contributed by atoms with Crippen LogP contribution in [0.15, 0.2) is 51.4 Å². The highest BCUT2D eigenvalue weighted by atomic mass is 32.1. The Balaban J connectivity index is 1.98. The molecule has 1 atom stereocenters. The van der Waals surface area contributed by atoms with Crippen molar-refractivity contribution in [2.75, 3.05) is 55.4 Å². The first-order chi connectivity index (χ1) is 20.3. The lowest BCUT2D eigenvalue weighted by atomic mass is 9.94. The van der Waals surface area contributed by atoms with E-state index in [-0.39, 0.29) is 24.3 Å². The minimum Gasteiger partial charge on any atom is -0.493 e. The molecule has 224 valence electrons. The summed E-state index contributed by atoms with van der Waals surface area (Å²) >= 11 is 1.20. The van der Waals surface area contributed by atoms with Gasteiger partial charge in [-0.25, -0.2) is 9.79 Å². The van der Waals surface area contributed by atoms with E-state index in [0.717, 1.165) is 0 Å². The van der Waals surface area contributed by atoms with Crippen molar-refractivity contribution < 1.29 is 38.0 Å². The molecule has 2 aromatic carbocycles. The summed E-state index contributed by atoms with van der Waals surface area (Å²) in [5.41, 5.74) is 1.50. The molecule has 0 amide bonds. The van der Waals surface area contributed by atoms with E-state index in [0.29, 0.717) is 61.5 Å². The lowest BCUT2D eigenvalue weighted by Crippen LogP contribution is -2.40. The number of methoxy groups -OCH3 is 5. The maximum atomic E-state index is 14.1. The van der Waals surface area contributed by atoms with Gasteiger partial charge in [-0.3, -0.25) is 9.36 Å². The molecule has 42 heavy (non-hydrogen) atoms. The number of allylic oxidation sites excluding steroid dienone is 1. The SMILES string of the molecule is CCOc1c(OC)cccc1[C@H]1C(C(=O)OCCOC)=C(C)N=c2s/c(=C/c3cc(OC)c(OC)c(OC)c3)c(=O)n21. The Hall–Kier alpha value is -4.29. The van der Waals surface area contributed by atoms with Crippen LogP contribution in [-0.2, 0) is 14.3 Å². The molecular weight excluding hydrogens is 564 g/mol. The van der Waals surface area contributed by atoms with Gasteiger partial charge >= 0.3 is 5.97 Å². The fourth-order valence-corrected chi connectivity index (χ4v) is 5.76. The van der Waals surface area contributed by atoms with Crippen LogP contribution >= 0.6 is 11.3 Å². The third kappa shape index (κ3) is 5.86. The summed E-state index contributed by atoms with van der Waals surface area (Å²) in [6.45, 7) is 4.17. The van der Waals surface area contributed by atoms with Crippen molar-refractivity contribution in [3.8, 4) is 28.7 Å². The third-order valence-corrected chi connectivity index (χ3v) is 7.54. The normalized spacial score (nSPS) is 14.6. The fourth-order valence-electron chi connectivity index (χ4n) is 4.72. The topological polar surface area (TPSA) is 116 Å². The molecule has 0 unspecified atom stereocenters. The summed E-state index contributed by atoms with van der Waals surface area (Å²) in [4.78, 5) is 32.7. The van der Waals surface area contributed by atoms with E-state index in [1.807, 2.05) is 6.92 Å². The van der Waals surface area contributed by atoms with E-state index in [4.69, 9.17) is 33.2 Å². The molecule has 1 aliphatic rings. The van der Waals surface area contributed by atoms with Gasteiger partial charge in [0, 0.05) is 12.7 Å². The molecule has 0 saturated heterocycles. The van der Waals surface area contributed by atoms with Crippen molar-refractivity contribution in [2.24, 2.45) is 4.99 Å². The monoisotopic (exact) mass is 598 g/mol. The number of thiazole rings is 1. The van der Waals surface area contributed by atoms with Crippen molar-refractivity contribution in [1.82, 2.24) is 4.57 Å². The van der Waals surface area contributed by atoms with Crippen LogP contribution in [0.2, 0.25) is 0 Å². The maximum Gasteiger partial charge on any atom is 0.338 e. The summed E-state index contributed by atoms with van der Waals surface area (Å²) in [6.07, 6.45) is 1.72. The number of ether oxygens (including phenoxy) is 7. The fraction of sp³-hybridized carbons (Fsp3) is 0.367. The van der Waals surface area contributed by atoms with Crippen LogP contribution in [0.25, 0.3) is 6.08 Å². The zero-order chi connectivity index (χ0) is 30.4. The number of aromatic nitrogens is 1. The van der Waals surface area contributed by atoms with Crippen LogP contribution in [0, 0.1) is 0 Å². The summed E-state index contributed by atoms with van der Waals surface area (Å²) < 4.78 is 40.4. The van der Waals surface area contributed by atoms with Gasteiger partial charge in [0.05, 0.1) is 57.5 Å². The molecule has 2 heterocycles. The second kappa shape index (κ2) is 13.6. The second-order valence-corrected chi connectivity index (χ2v) is 9.99. The average molecular weight is 599 g/mol. The minimum absolute atomic E-state index is 0.0425. The smallest absolute Gasteiger partial charge is 0.338 e. The summed E-state index contributed by atoms with van der Waals surface area (Å²) in [5, 5.41) is 0. The lowest BCUT2D eigenvalue weighted by Gasteiger charge is -2.27. The molecule has 0 saturated carbocycles. The van der Waals surface area contributed by atoms with Crippen molar-refractivity contribution in [2.45, 2.75) is 19.9 Å². The Morgan fingerprint density at radius 1 is 0.976 bits per heavy atom. The van der Waals surface area contributed by atoms with Crippen LogP contribution in [-0.4, -0.2) is 65.9 Å². The largest absolute Gasteiger partial charge is 0.493 e. The number of hydrogen-bond acceptors (Lipinski definition) is 11. The maximum absolute atomic E-state index is 14.1. The van der Waals surface area contributed by atoms with Gasteiger partial charge in [0.25, 0.3) is 5.56 Å². The molecule has 4 rings (SSSR count). The summed E-state index contributed by atoms with van der Waals surface area (Å²) in [5.74, 6) is 1.61. The standard InChI is InChI=1S/C30H34N2O9S/c1-8-40-26-19(10-9-11-20(26)36-4)25-24(29(34)41-13-12-35-3)17(2)31-30-32(25)28(33)23(42-30)16-18-14-21(37-5)27(39-7)22(15-18)38-6/h9-11,14-16,25H,8,12-13H2,1-7H3/b23-16+/t25-/m0/s1. The first-order valence-electron chi connectivity index (χ1n) is 13.1. The molecule has 0 spiro atoms. The van der Waals surface area contributed by atoms with Crippen molar-refractivity contribution in [3.05, 3.63) is 72.4 Å². The molecule has 1 aromatic heterocycles. The Morgan fingerprint density at radius 2 is 1.67 bits per heavy atom. The number of carbonyl (C=O) groups excluding carboxylic acids is 1. The zero-order valence-corrected chi connectivity index (χ0v) is 25.5. The van der Waals surface area contributed by atoms with Crippen LogP contribution in [0.3, 0.4) is 0 Å². The second-order valence-electron chi connectivity index (χ2n) is 8.98. The minimum atomic E-state index is -0.893. The number of rotatable bonds is 12. The van der Waals surface area contributed by atoms with Gasteiger partial charge in [-0.15, -0.1) is 0 Å². The third-order valence-electron chi connectivity index (χ3n) is 6.56. The van der Waals surface area contributed by atoms with E-state index < -0.39 is 12.0 Å². The van der Waals surface area contributed by atoms with Gasteiger partial charge < -0.3 is 33.2 Å². The van der Waals surface area contributed by atoms with E-state index in [9.17, 15) is 9.59 Å². The predicted molar refractivity (Wildman–Crippen MR) is 157 cm³/mol.